The molecule has 5 rings (SSSR count). The van der Waals surface area contributed by atoms with E-state index in [-0.39, 0.29) is 0 Å². The lowest BCUT2D eigenvalue weighted by molar-refractivity contribution is -0.646. The smallest absolute Gasteiger partial charge is 0.195 e. The lowest BCUT2D eigenvalue weighted by atomic mass is 9.92. The first-order valence-corrected chi connectivity index (χ1v) is 9.36. The van der Waals surface area contributed by atoms with Crippen molar-refractivity contribution in [1.82, 2.24) is 0 Å². The predicted molar refractivity (Wildman–Crippen MR) is 109 cm³/mol. The van der Waals surface area contributed by atoms with Crippen LogP contribution in [0, 0.1) is 0 Å². The number of para-hydroxylation sites is 1. The van der Waals surface area contributed by atoms with Crippen LogP contribution in [-0.2, 0) is 13.5 Å². The van der Waals surface area contributed by atoms with Crippen LogP contribution in [0.5, 0.6) is 0 Å². The van der Waals surface area contributed by atoms with Crippen molar-refractivity contribution in [2.45, 2.75) is 19.3 Å². The van der Waals surface area contributed by atoms with Crippen LogP contribution < -0.4 is 4.57 Å². The van der Waals surface area contributed by atoms with Gasteiger partial charge in [-0.15, -0.1) is 0 Å². The van der Waals surface area contributed by atoms with Gasteiger partial charge in [0.2, 0.25) is 11.2 Å². The molecule has 0 spiro atoms. The lowest BCUT2D eigenvalue weighted by Crippen LogP contribution is -2.32. The van der Waals surface area contributed by atoms with Crippen molar-refractivity contribution in [1.29, 1.82) is 0 Å². The molecule has 0 amide bonds. The molecule has 26 heavy (non-hydrogen) atoms. The summed E-state index contributed by atoms with van der Waals surface area (Å²) in [6.07, 6.45) is 10.3. The van der Waals surface area contributed by atoms with E-state index < -0.39 is 0 Å². The van der Waals surface area contributed by atoms with E-state index in [1.807, 2.05) is 0 Å². The van der Waals surface area contributed by atoms with Gasteiger partial charge in [-0.1, -0.05) is 48.6 Å². The quantitative estimate of drug-likeness (QED) is 0.551. The number of nitrogens with zero attached hydrogens (tertiary/aromatic N) is 1. The third-order valence-electron chi connectivity index (χ3n) is 5.72. The summed E-state index contributed by atoms with van der Waals surface area (Å²) >= 11 is 0. The molecule has 3 aromatic rings. The normalized spacial score (nSPS) is 16.1. The minimum Gasteiger partial charge on any atom is -0.195 e. The Morgan fingerprint density at radius 2 is 1.69 bits per heavy atom. The van der Waals surface area contributed by atoms with Gasteiger partial charge >= 0.3 is 0 Å². The summed E-state index contributed by atoms with van der Waals surface area (Å²) in [5, 5.41) is 1.28. The fraction of sp³-hybridized carbons (Fsp3) is 0.160. The molecular formula is C25H22N+. The van der Waals surface area contributed by atoms with Gasteiger partial charge in [-0.2, -0.15) is 4.57 Å². The molecule has 0 aliphatic heterocycles. The number of rotatable bonds is 2. The van der Waals surface area contributed by atoms with Crippen LogP contribution in [0.25, 0.3) is 22.6 Å². The maximum Gasteiger partial charge on any atom is 0.212 e. The van der Waals surface area contributed by atoms with Crippen molar-refractivity contribution in [3.63, 3.8) is 0 Å². The number of aryl methyl sites for hydroxylation is 1. The largest absolute Gasteiger partial charge is 0.212 e. The Labute approximate surface area is 154 Å². The SMILES string of the molecule is C[n+]1c(/C=C/C2=CC3=C(CC2)c2ccccc2C3)ccc2ccccc21. The van der Waals surface area contributed by atoms with E-state index >= 15 is 0 Å². The molecule has 0 atom stereocenters. The lowest BCUT2D eigenvalue weighted by Gasteiger charge is -2.13. The summed E-state index contributed by atoms with van der Waals surface area (Å²) in [4.78, 5) is 0. The Balaban J connectivity index is 1.45. The number of hydrogen-bond donors (Lipinski definition) is 0. The van der Waals surface area contributed by atoms with Crippen LogP contribution >= 0.6 is 0 Å². The summed E-state index contributed by atoms with van der Waals surface area (Å²) in [5.74, 6) is 0. The summed E-state index contributed by atoms with van der Waals surface area (Å²) in [6.45, 7) is 0. The first-order chi connectivity index (χ1) is 12.8. The Morgan fingerprint density at radius 3 is 2.65 bits per heavy atom. The summed E-state index contributed by atoms with van der Waals surface area (Å²) < 4.78 is 2.27. The van der Waals surface area contributed by atoms with Crippen LogP contribution in [0.15, 0.2) is 84.0 Å². The van der Waals surface area contributed by atoms with Gasteiger partial charge in [0.25, 0.3) is 0 Å². The van der Waals surface area contributed by atoms with E-state index in [0.717, 1.165) is 19.3 Å². The van der Waals surface area contributed by atoms with Crippen LogP contribution in [0.1, 0.15) is 29.7 Å². The third kappa shape index (κ3) is 2.52. The number of benzene rings is 2. The van der Waals surface area contributed by atoms with Crippen LogP contribution in [-0.4, -0.2) is 0 Å². The zero-order valence-electron chi connectivity index (χ0n) is 15.1. The molecule has 2 aliphatic rings. The van der Waals surface area contributed by atoms with Crippen molar-refractivity contribution >= 4 is 22.6 Å². The molecule has 0 unspecified atom stereocenters. The minimum atomic E-state index is 1.09. The third-order valence-corrected chi connectivity index (χ3v) is 5.72. The molecule has 0 bridgehead atoms. The number of aromatic nitrogens is 1. The number of pyridine rings is 1. The van der Waals surface area contributed by atoms with Gasteiger partial charge in [0.05, 0.1) is 0 Å². The number of allylic oxidation sites excluding steroid dienone is 5. The van der Waals surface area contributed by atoms with Crippen LogP contribution in [0.3, 0.4) is 0 Å². The molecule has 0 fully saturated rings. The van der Waals surface area contributed by atoms with Crippen LogP contribution in [0.4, 0.5) is 0 Å². The molecule has 2 aromatic carbocycles. The second kappa shape index (κ2) is 6.10. The van der Waals surface area contributed by atoms with Gasteiger partial charge in [0.1, 0.15) is 7.05 Å². The maximum atomic E-state index is 2.41. The molecule has 0 saturated carbocycles. The number of fused-ring (bicyclic) bond motifs is 3. The topological polar surface area (TPSA) is 3.88 Å². The molecule has 126 valence electrons. The van der Waals surface area contributed by atoms with Gasteiger partial charge in [-0.05, 0) is 59.2 Å². The van der Waals surface area contributed by atoms with E-state index in [9.17, 15) is 0 Å². The van der Waals surface area contributed by atoms with E-state index in [1.54, 1.807) is 5.57 Å². The molecule has 2 aliphatic carbocycles. The van der Waals surface area contributed by atoms with Crippen molar-refractivity contribution in [3.05, 3.63) is 101 Å². The molecule has 0 N–H and O–H groups in total. The summed E-state index contributed by atoms with van der Waals surface area (Å²) in [5.41, 5.74) is 9.98. The molecule has 1 heteroatoms. The van der Waals surface area contributed by atoms with Gasteiger partial charge < -0.3 is 0 Å². The zero-order chi connectivity index (χ0) is 17.5. The van der Waals surface area contributed by atoms with E-state index in [2.05, 4.69) is 90.5 Å². The van der Waals surface area contributed by atoms with E-state index in [1.165, 1.54) is 38.9 Å². The maximum absolute atomic E-state index is 2.41. The molecule has 1 aromatic heterocycles. The van der Waals surface area contributed by atoms with Crippen molar-refractivity contribution in [2.75, 3.05) is 0 Å². The highest BCUT2D eigenvalue weighted by atomic mass is 14.9. The first kappa shape index (κ1) is 15.3. The monoisotopic (exact) mass is 336 g/mol. The second-order valence-electron chi connectivity index (χ2n) is 7.27. The van der Waals surface area contributed by atoms with Gasteiger partial charge in [-0.3, -0.25) is 0 Å². The standard InChI is InChI=1S/C25H22N/c1-26-22(14-12-19-6-3-5-9-25(19)26)13-10-18-11-15-24-21(16-18)17-20-7-2-4-8-23(20)24/h2-10,12-14,16H,11,15,17H2,1H3/q+1/b13-10+. The van der Waals surface area contributed by atoms with Crippen LogP contribution in [0.2, 0.25) is 0 Å². The minimum absolute atomic E-state index is 1.09. The van der Waals surface area contributed by atoms with E-state index in [4.69, 9.17) is 0 Å². The van der Waals surface area contributed by atoms with Crippen molar-refractivity contribution < 1.29 is 4.57 Å². The average molecular weight is 336 g/mol. The highest BCUT2D eigenvalue weighted by Gasteiger charge is 2.22. The fourth-order valence-electron chi connectivity index (χ4n) is 4.30. The molecular weight excluding hydrogens is 314 g/mol. The molecule has 1 nitrogen and oxygen atoms in total. The summed E-state index contributed by atoms with van der Waals surface area (Å²) in [7, 11) is 2.14. The predicted octanol–water partition coefficient (Wildman–Crippen LogP) is 5.41. The zero-order valence-corrected chi connectivity index (χ0v) is 15.1. The fourth-order valence-corrected chi connectivity index (χ4v) is 4.30. The average Bonchev–Trinajstić information content (AvgIpc) is 3.05. The highest BCUT2D eigenvalue weighted by molar-refractivity contribution is 5.80. The summed E-state index contributed by atoms with van der Waals surface area (Å²) in [6, 6.07) is 21.8. The molecule has 0 saturated heterocycles. The van der Waals surface area contributed by atoms with Gasteiger partial charge in [0, 0.05) is 23.6 Å². The van der Waals surface area contributed by atoms with Gasteiger partial charge in [0.15, 0.2) is 0 Å². The Kier molecular flexibility index (Phi) is 3.60. The first-order valence-electron chi connectivity index (χ1n) is 9.36. The molecule has 1 heterocycles. The van der Waals surface area contributed by atoms with Gasteiger partial charge in [-0.25, -0.2) is 0 Å². The van der Waals surface area contributed by atoms with Crippen molar-refractivity contribution in [2.24, 2.45) is 7.05 Å². The Morgan fingerprint density at radius 1 is 0.846 bits per heavy atom. The molecule has 0 radical (unpaired) electrons. The number of hydrogen-bond acceptors (Lipinski definition) is 0. The van der Waals surface area contributed by atoms with Crippen molar-refractivity contribution in [3.8, 4) is 0 Å². The highest BCUT2D eigenvalue weighted by Crippen LogP contribution is 2.40. The van der Waals surface area contributed by atoms with E-state index in [0.29, 0.717) is 0 Å². The Hall–Kier alpha value is -2.93. The Bertz CT molecular complexity index is 1110. The second-order valence-corrected chi connectivity index (χ2v) is 7.27.